The fourth-order valence-corrected chi connectivity index (χ4v) is 4.66. The number of carbonyl (C=O) groups is 1. The first kappa shape index (κ1) is 23.6. The van der Waals surface area contributed by atoms with Crippen LogP contribution in [0.1, 0.15) is 50.2 Å². The van der Waals surface area contributed by atoms with Crippen LogP contribution >= 0.6 is 36.2 Å². The van der Waals surface area contributed by atoms with Crippen LogP contribution in [0, 0.1) is 5.92 Å². The van der Waals surface area contributed by atoms with Gasteiger partial charge in [-0.2, -0.15) is 0 Å². The van der Waals surface area contributed by atoms with Crippen molar-refractivity contribution >= 4 is 42.1 Å². The molecule has 2 fully saturated rings. The smallest absolute Gasteiger partial charge is 0.227 e. The van der Waals surface area contributed by atoms with E-state index in [9.17, 15) is 4.79 Å². The first-order valence-corrected chi connectivity index (χ1v) is 10.1. The van der Waals surface area contributed by atoms with Crippen molar-refractivity contribution in [2.24, 2.45) is 11.7 Å². The van der Waals surface area contributed by atoms with Crippen molar-refractivity contribution in [2.75, 3.05) is 26.2 Å². The number of nitrogens with zero attached hydrogens (tertiary/aromatic N) is 3. The van der Waals surface area contributed by atoms with E-state index in [1.54, 1.807) is 11.3 Å². The maximum Gasteiger partial charge on any atom is 0.227 e. The first-order valence-electron chi connectivity index (χ1n) is 9.23. The van der Waals surface area contributed by atoms with E-state index in [0.29, 0.717) is 0 Å². The molecule has 8 heteroatoms. The molecule has 1 saturated carbocycles. The van der Waals surface area contributed by atoms with Crippen molar-refractivity contribution in [1.29, 1.82) is 0 Å². The summed E-state index contributed by atoms with van der Waals surface area (Å²) in [4.78, 5) is 22.0. The SMILES string of the molecule is CCc1nc(CN2CCN(C(=O)C3CCCCC3(C)N)CC2)cs1.Cl.Cl. The lowest BCUT2D eigenvalue weighted by atomic mass is 9.74. The van der Waals surface area contributed by atoms with Crippen LogP contribution in [-0.2, 0) is 17.8 Å². The van der Waals surface area contributed by atoms with Crippen molar-refractivity contribution in [2.45, 2.75) is 58.0 Å². The lowest BCUT2D eigenvalue weighted by Crippen LogP contribution is -2.57. The van der Waals surface area contributed by atoms with Crippen molar-refractivity contribution in [1.82, 2.24) is 14.8 Å². The summed E-state index contributed by atoms with van der Waals surface area (Å²) in [6.07, 6.45) is 5.20. The molecule has 150 valence electrons. The lowest BCUT2D eigenvalue weighted by Gasteiger charge is -2.42. The molecule has 1 aliphatic heterocycles. The van der Waals surface area contributed by atoms with Crippen LogP contribution in [0.15, 0.2) is 5.38 Å². The predicted molar refractivity (Wildman–Crippen MR) is 112 cm³/mol. The average Bonchev–Trinajstić information content (AvgIpc) is 3.02. The molecule has 0 bridgehead atoms. The number of piperazine rings is 1. The van der Waals surface area contributed by atoms with E-state index in [4.69, 9.17) is 5.73 Å². The quantitative estimate of drug-likeness (QED) is 0.809. The van der Waals surface area contributed by atoms with E-state index in [2.05, 4.69) is 29.1 Å². The second-order valence-electron chi connectivity index (χ2n) is 7.49. The van der Waals surface area contributed by atoms with Crippen molar-refractivity contribution in [3.05, 3.63) is 16.1 Å². The van der Waals surface area contributed by atoms with Gasteiger partial charge >= 0.3 is 0 Å². The van der Waals surface area contributed by atoms with E-state index in [1.165, 1.54) is 10.7 Å². The van der Waals surface area contributed by atoms with Gasteiger partial charge in [-0.3, -0.25) is 9.69 Å². The maximum absolute atomic E-state index is 12.9. The number of carbonyl (C=O) groups excluding carboxylic acids is 1. The molecule has 3 rings (SSSR count). The summed E-state index contributed by atoms with van der Waals surface area (Å²) in [5, 5.41) is 3.37. The predicted octanol–water partition coefficient (Wildman–Crippen LogP) is 3.10. The topological polar surface area (TPSA) is 62.5 Å². The zero-order valence-corrected chi connectivity index (χ0v) is 18.2. The average molecular weight is 423 g/mol. The number of nitrogens with two attached hydrogens (primary N) is 1. The summed E-state index contributed by atoms with van der Waals surface area (Å²) < 4.78 is 0. The van der Waals surface area contributed by atoms with Gasteiger partial charge in [0.1, 0.15) is 0 Å². The molecular weight excluding hydrogens is 391 g/mol. The zero-order chi connectivity index (χ0) is 17.2. The van der Waals surface area contributed by atoms with Gasteiger partial charge < -0.3 is 10.6 Å². The minimum Gasteiger partial charge on any atom is -0.340 e. The molecule has 2 unspecified atom stereocenters. The number of amides is 1. The van der Waals surface area contributed by atoms with Crippen LogP contribution in [0.25, 0.3) is 0 Å². The largest absolute Gasteiger partial charge is 0.340 e. The first-order chi connectivity index (χ1) is 11.5. The van der Waals surface area contributed by atoms with Gasteiger partial charge in [0.15, 0.2) is 0 Å². The van der Waals surface area contributed by atoms with E-state index in [0.717, 1.165) is 64.8 Å². The molecule has 2 atom stereocenters. The van der Waals surface area contributed by atoms with Crippen LogP contribution < -0.4 is 5.73 Å². The molecule has 2 heterocycles. The minimum absolute atomic E-state index is 0. The third-order valence-electron chi connectivity index (χ3n) is 5.52. The van der Waals surface area contributed by atoms with Gasteiger partial charge in [0.25, 0.3) is 0 Å². The van der Waals surface area contributed by atoms with Crippen LogP contribution in [0.3, 0.4) is 0 Å². The monoisotopic (exact) mass is 422 g/mol. The van der Waals surface area contributed by atoms with Gasteiger partial charge in [0, 0.05) is 43.6 Å². The number of aryl methyl sites for hydroxylation is 1. The number of hydrogen-bond donors (Lipinski definition) is 1. The molecule has 1 aromatic heterocycles. The Bertz CT molecular complexity index is 573. The second kappa shape index (κ2) is 10.2. The molecule has 0 spiro atoms. The van der Waals surface area contributed by atoms with Crippen LogP contribution in [0.5, 0.6) is 0 Å². The van der Waals surface area contributed by atoms with Crippen molar-refractivity contribution in [3.8, 4) is 0 Å². The summed E-state index contributed by atoms with van der Waals surface area (Å²) in [6.45, 7) is 8.59. The van der Waals surface area contributed by atoms with Gasteiger partial charge in [0.05, 0.1) is 16.6 Å². The highest BCUT2D eigenvalue weighted by Crippen LogP contribution is 2.33. The summed E-state index contributed by atoms with van der Waals surface area (Å²) in [5.41, 5.74) is 7.25. The molecule has 1 aliphatic carbocycles. The highest BCUT2D eigenvalue weighted by Gasteiger charge is 2.40. The van der Waals surface area contributed by atoms with E-state index in [-0.39, 0.29) is 42.2 Å². The number of rotatable bonds is 4. The van der Waals surface area contributed by atoms with Gasteiger partial charge in [-0.15, -0.1) is 36.2 Å². The normalized spacial score (nSPS) is 26.7. The lowest BCUT2D eigenvalue weighted by molar-refractivity contribution is -0.140. The van der Waals surface area contributed by atoms with Crippen LogP contribution in [0.2, 0.25) is 0 Å². The van der Waals surface area contributed by atoms with Crippen molar-refractivity contribution < 1.29 is 4.79 Å². The Balaban J connectivity index is 0.00000169. The standard InChI is InChI=1S/C18H30N4OS.2ClH/c1-3-16-20-14(13-24-16)12-21-8-10-22(11-9-21)17(23)15-6-4-5-7-18(15,2)19;;/h13,15H,3-12,19H2,1-2H3;2*1H. The van der Waals surface area contributed by atoms with E-state index >= 15 is 0 Å². The van der Waals surface area contributed by atoms with Crippen LogP contribution in [0.4, 0.5) is 0 Å². The summed E-state index contributed by atoms with van der Waals surface area (Å²) in [6, 6.07) is 0. The molecule has 26 heavy (non-hydrogen) atoms. The zero-order valence-electron chi connectivity index (χ0n) is 15.8. The number of halogens is 2. The highest BCUT2D eigenvalue weighted by molar-refractivity contribution is 7.09. The second-order valence-corrected chi connectivity index (χ2v) is 8.43. The Morgan fingerprint density at radius 3 is 2.58 bits per heavy atom. The molecule has 0 aromatic carbocycles. The number of thiazole rings is 1. The third kappa shape index (κ3) is 5.55. The molecule has 2 N–H and O–H groups in total. The Morgan fingerprint density at radius 1 is 1.31 bits per heavy atom. The summed E-state index contributed by atoms with van der Waals surface area (Å²) in [7, 11) is 0. The Morgan fingerprint density at radius 2 is 2.00 bits per heavy atom. The van der Waals surface area contributed by atoms with Gasteiger partial charge in [-0.05, 0) is 26.2 Å². The molecule has 5 nitrogen and oxygen atoms in total. The molecule has 1 amide bonds. The molecule has 0 radical (unpaired) electrons. The van der Waals surface area contributed by atoms with Crippen molar-refractivity contribution in [3.63, 3.8) is 0 Å². The highest BCUT2D eigenvalue weighted by atomic mass is 35.5. The molecular formula is C18H32Cl2N4OS. The maximum atomic E-state index is 12.9. The van der Waals surface area contributed by atoms with Gasteiger partial charge in [0.2, 0.25) is 5.91 Å². The molecule has 1 aromatic rings. The third-order valence-corrected chi connectivity index (χ3v) is 6.57. The minimum atomic E-state index is -0.330. The molecule has 1 saturated heterocycles. The van der Waals surface area contributed by atoms with E-state index in [1.807, 2.05) is 4.90 Å². The summed E-state index contributed by atoms with van der Waals surface area (Å²) in [5.74, 6) is 0.282. The fourth-order valence-electron chi connectivity index (χ4n) is 3.92. The van der Waals surface area contributed by atoms with E-state index < -0.39 is 0 Å². The number of hydrogen-bond acceptors (Lipinski definition) is 5. The Hall–Kier alpha value is -0.400. The summed E-state index contributed by atoms with van der Waals surface area (Å²) >= 11 is 1.75. The van der Waals surface area contributed by atoms with Crippen LogP contribution in [-0.4, -0.2) is 52.4 Å². The Labute approximate surface area is 173 Å². The Kier molecular flexibility index (Phi) is 9.30. The molecule has 2 aliphatic rings. The fraction of sp³-hybridized carbons (Fsp3) is 0.778. The van der Waals surface area contributed by atoms with Gasteiger partial charge in [-0.25, -0.2) is 4.98 Å². The van der Waals surface area contributed by atoms with Gasteiger partial charge in [-0.1, -0.05) is 19.8 Å². The number of aromatic nitrogens is 1.